The van der Waals surface area contributed by atoms with E-state index < -0.39 is 6.10 Å². The molecule has 0 aliphatic heterocycles. The fourth-order valence-corrected chi connectivity index (χ4v) is 0.861. The maximum Gasteiger partial charge on any atom is 0.143 e. The third-order valence-corrected chi connectivity index (χ3v) is 1.73. The fourth-order valence-electron chi connectivity index (χ4n) is 0.861. The molecule has 0 aromatic rings. The van der Waals surface area contributed by atoms with E-state index in [1.54, 1.807) is 0 Å². The lowest BCUT2D eigenvalue weighted by Crippen LogP contribution is -2.24. The zero-order valence-electron chi connectivity index (χ0n) is 4.67. The van der Waals surface area contributed by atoms with Gasteiger partial charge in [-0.3, -0.25) is 0 Å². The Morgan fingerprint density at radius 1 is 1.62 bits per heavy atom. The highest BCUT2D eigenvalue weighted by molar-refractivity contribution is 4.91. The molecule has 2 nitrogen and oxygen atoms in total. The normalized spacial score (nSPS) is 23.5. The second-order valence-electron chi connectivity index (χ2n) is 2.26. The summed E-state index contributed by atoms with van der Waals surface area (Å²) in [5.74, 6) is 0.292. The lowest BCUT2D eigenvalue weighted by molar-refractivity contribution is 0.106. The molecule has 0 heterocycles. The van der Waals surface area contributed by atoms with Crippen molar-refractivity contribution < 1.29 is 5.11 Å². The smallest absolute Gasteiger partial charge is 0.143 e. The number of aliphatic hydroxyl groups is 1. The average Bonchev–Trinajstić information content (AvgIpc) is 1.62. The monoisotopic (exact) mass is 111 g/mol. The van der Waals surface area contributed by atoms with Crippen molar-refractivity contribution in [1.29, 1.82) is 5.26 Å². The van der Waals surface area contributed by atoms with Crippen molar-refractivity contribution in [3.8, 4) is 6.07 Å². The Labute approximate surface area is 48.7 Å². The molecule has 1 saturated carbocycles. The van der Waals surface area contributed by atoms with E-state index in [0.29, 0.717) is 5.92 Å². The molecule has 0 aromatic carbocycles. The van der Waals surface area contributed by atoms with E-state index in [9.17, 15) is 0 Å². The third kappa shape index (κ3) is 0.823. The second kappa shape index (κ2) is 2.15. The van der Waals surface area contributed by atoms with Crippen molar-refractivity contribution in [2.75, 3.05) is 0 Å². The first-order valence-electron chi connectivity index (χ1n) is 2.92. The summed E-state index contributed by atoms with van der Waals surface area (Å²) in [6.45, 7) is 0. The first-order chi connectivity index (χ1) is 3.84. The number of rotatable bonds is 1. The van der Waals surface area contributed by atoms with E-state index in [0.717, 1.165) is 12.8 Å². The van der Waals surface area contributed by atoms with Crippen molar-refractivity contribution in [3.63, 3.8) is 0 Å². The molecule has 1 N–H and O–H groups in total. The zero-order valence-corrected chi connectivity index (χ0v) is 4.67. The highest BCUT2D eigenvalue weighted by atomic mass is 16.3. The minimum atomic E-state index is -0.691. The summed E-state index contributed by atoms with van der Waals surface area (Å²) in [4.78, 5) is 0. The molecule has 0 amide bonds. The van der Waals surface area contributed by atoms with E-state index in [4.69, 9.17) is 10.4 Å². The maximum absolute atomic E-state index is 8.82. The van der Waals surface area contributed by atoms with Crippen LogP contribution in [0.5, 0.6) is 0 Å². The van der Waals surface area contributed by atoms with E-state index in [1.165, 1.54) is 6.42 Å². The molecule has 1 rings (SSSR count). The van der Waals surface area contributed by atoms with Crippen LogP contribution in [-0.4, -0.2) is 11.2 Å². The highest BCUT2D eigenvalue weighted by Crippen LogP contribution is 2.28. The molecule has 44 valence electrons. The van der Waals surface area contributed by atoms with Crippen LogP contribution < -0.4 is 0 Å². The van der Waals surface area contributed by atoms with Crippen LogP contribution in [0.25, 0.3) is 0 Å². The van der Waals surface area contributed by atoms with Crippen LogP contribution in [0.1, 0.15) is 19.3 Å². The second-order valence-corrected chi connectivity index (χ2v) is 2.26. The fraction of sp³-hybridized carbons (Fsp3) is 0.833. The van der Waals surface area contributed by atoms with Gasteiger partial charge in [-0.2, -0.15) is 5.26 Å². The van der Waals surface area contributed by atoms with Gasteiger partial charge in [0.1, 0.15) is 6.10 Å². The van der Waals surface area contributed by atoms with Crippen molar-refractivity contribution in [3.05, 3.63) is 0 Å². The summed E-state index contributed by atoms with van der Waals surface area (Å²) in [7, 11) is 0. The van der Waals surface area contributed by atoms with E-state index in [-0.39, 0.29) is 0 Å². The van der Waals surface area contributed by atoms with Gasteiger partial charge in [-0.05, 0) is 18.8 Å². The van der Waals surface area contributed by atoms with Gasteiger partial charge >= 0.3 is 0 Å². The Balaban J connectivity index is 2.26. The Hall–Kier alpha value is -0.550. The molecule has 1 unspecified atom stereocenters. The summed E-state index contributed by atoms with van der Waals surface area (Å²) < 4.78 is 0. The molecule has 8 heavy (non-hydrogen) atoms. The summed E-state index contributed by atoms with van der Waals surface area (Å²) >= 11 is 0. The number of nitrogens with zero attached hydrogens (tertiary/aromatic N) is 1. The average molecular weight is 111 g/mol. The highest BCUT2D eigenvalue weighted by Gasteiger charge is 2.24. The van der Waals surface area contributed by atoms with Crippen molar-refractivity contribution in [2.24, 2.45) is 5.92 Å². The summed E-state index contributed by atoms with van der Waals surface area (Å²) in [6, 6.07) is 1.82. The van der Waals surface area contributed by atoms with E-state index >= 15 is 0 Å². The minimum Gasteiger partial charge on any atom is -0.378 e. The van der Waals surface area contributed by atoms with Gasteiger partial charge < -0.3 is 5.11 Å². The molecule has 2 heteroatoms. The van der Waals surface area contributed by atoms with Crippen LogP contribution in [0.15, 0.2) is 0 Å². The van der Waals surface area contributed by atoms with Crippen LogP contribution in [0.2, 0.25) is 0 Å². The largest absolute Gasteiger partial charge is 0.378 e. The summed E-state index contributed by atoms with van der Waals surface area (Å²) in [6.07, 6.45) is 2.57. The molecule has 1 aliphatic rings. The SMILES string of the molecule is N#CC(O)C1CCC1. The molecule has 0 bridgehead atoms. The molecular formula is C6H9NO. The van der Waals surface area contributed by atoms with Crippen molar-refractivity contribution >= 4 is 0 Å². The van der Waals surface area contributed by atoms with Gasteiger partial charge in [-0.1, -0.05) is 6.42 Å². The molecule has 0 radical (unpaired) electrons. The topological polar surface area (TPSA) is 44.0 Å². The molecule has 1 aliphatic carbocycles. The van der Waals surface area contributed by atoms with Gasteiger partial charge in [-0.25, -0.2) is 0 Å². The quantitative estimate of drug-likeness (QED) is 0.505. The zero-order chi connectivity index (χ0) is 5.98. The Kier molecular flexibility index (Phi) is 1.50. The van der Waals surface area contributed by atoms with Gasteiger partial charge in [0.25, 0.3) is 0 Å². The lowest BCUT2D eigenvalue weighted by atomic mass is 9.82. The van der Waals surface area contributed by atoms with Crippen LogP contribution in [0.4, 0.5) is 0 Å². The Morgan fingerprint density at radius 3 is 2.38 bits per heavy atom. The molecule has 1 atom stereocenters. The van der Waals surface area contributed by atoms with Crippen LogP contribution >= 0.6 is 0 Å². The predicted molar refractivity (Wildman–Crippen MR) is 29.0 cm³/mol. The van der Waals surface area contributed by atoms with Gasteiger partial charge in [0.2, 0.25) is 0 Å². The molecule has 1 fully saturated rings. The molecular weight excluding hydrogens is 102 g/mol. The van der Waals surface area contributed by atoms with Crippen LogP contribution in [0, 0.1) is 17.2 Å². The summed E-state index contributed by atoms with van der Waals surface area (Å²) in [5.41, 5.74) is 0. The molecule has 0 aromatic heterocycles. The predicted octanol–water partition coefficient (Wildman–Crippen LogP) is 0.671. The first kappa shape index (κ1) is 5.58. The number of hydrogen-bond donors (Lipinski definition) is 1. The number of hydrogen-bond acceptors (Lipinski definition) is 2. The first-order valence-corrected chi connectivity index (χ1v) is 2.92. The number of nitriles is 1. The standard InChI is InChI=1S/C6H9NO/c7-4-6(8)5-2-1-3-5/h5-6,8H,1-3H2. The summed E-state index contributed by atoms with van der Waals surface area (Å²) in [5, 5.41) is 17.0. The number of aliphatic hydroxyl groups excluding tert-OH is 1. The minimum absolute atomic E-state index is 0.292. The lowest BCUT2D eigenvalue weighted by Gasteiger charge is -2.25. The van der Waals surface area contributed by atoms with Crippen molar-refractivity contribution in [1.82, 2.24) is 0 Å². The van der Waals surface area contributed by atoms with Crippen LogP contribution in [-0.2, 0) is 0 Å². The third-order valence-electron chi connectivity index (χ3n) is 1.73. The van der Waals surface area contributed by atoms with E-state index in [1.807, 2.05) is 6.07 Å². The van der Waals surface area contributed by atoms with Gasteiger partial charge in [0.05, 0.1) is 6.07 Å². The Morgan fingerprint density at radius 2 is 2.25 bits per heavy atom. The molecule has 0 spiro atoms. The Bertz CT molecular complexity index is 112. The maximum atomic E-state index is 8.82. The van der Waals surface area contributed by atoms with Crippen molar-refractivity contribution in [2.45, 2.75) is 25.4 Å². The van der Waals surface area contributed by atoms with E-state index in [2.05, 4.69) is 0 Å². The van der Waals surface area contributed by atoms with Gasteiger partial charge in [-0.15, -0.1) is 0 Å². The van der Waals surface area contributed by atoms with Gasteiger partial charge in [0, 0.05) is 0 Å². The molecule has 0 saturated heterocycles. The van der Waals surface area contributed by atoms with Crippen LogP contribution in [0.3, 0.4) is 0 Å². The van der Waals surface area contributed by atoms with Gasteiger partial charge in [0.15, 0.2) is 0 Å².